The van der Waals surface area contributed by atoms with Gasteiger partial charge in [0.25, 0.3) is 5.91 Å². The van der Waals surface area contributed by atoms with E-state index in [9.17, 15) is 4.79 Å². The molecule has 1 N–H and O–H groups in total. The Labute approximate surface area is 82.1 Å². The molecule has 0 fully saturated rings. The van der Waals surface area contributed by atoms with Gasteiger partial charge in [-0.15, -0.1) is 11.6 Å². The molecule has 0 aliphatic heterocycles. The lowest BCUT2D eigenvalue weighted by molar-refractivity contribution is 0.0955. The van der Waals surface area contributed by atoms with Gasteiger partial charge >= 0.3 is 0 Å². The molecule has 0 saturated carbocycles. The van der Waals surface area contributed by atoms with E-state index in [1.54, 1.807) is 12.3 Å². The fourth-order valence-corrected chi connectivity index (χ4v) is 1.04. The average Bonchev–Trinajstić information content (AvgIpc) is 2.14. The monoisotopic (exact) mass is 198 g/mol. The predicted octanol–water partition coefficient (Wildman–Crippen LogP) is 1.36. The highest BCUT2D eigenvalue weighted by atomic mass is 35.5. The number of alkyl halides is 1. The van der Waals surface area contributed by atoms with E-state index in [-0.39, 0.29) is 5.91 Å². The number of pyridine rings is 1. The van der Waals surface area contributed by atoms with Crippen molar-refractivity contribution in [1.82, 2.24) is 10.3 Å². The number of hydrogen-bond donors (Lipinski definition) is 1. The molecule has 1 amide bonds. The van der Waals surface area contributed by atoms with Gasteiger partial charge in [0.05, 0.1) is 5.56 Å². The van der Waals surface area contributed by atoms with Gasteiger partial charge in [-0.05, 0) is 18.6 Å². The number of hydrogen-bond acceptors (Lipinski definition) is 2. The molecule has 0 aliphatic rings. The SMILES string of the molecule is Cc1cncc(C(=O)NCCCl)c1. The Balaban J connectivity index is 2.66. The molecule has 1 aromatic heterocycles. The lowest BCUT2D eigenvalue weighted by Crippen LogP contribution is -2.25. The summed E-state index contributed by atoms with van der Waals surface area (Å²) in [5.41, 5.74) is 1.55. The van der Waals surface area contributed by atoms with Crippen molar-refractivity contribution in [1.29, 1.82) is 0 Å². The number of aryl methyl sites for hydroxylation is 1. The Morgan fingerprint density at radius 1 is 1.62 bits per heavy atom. The largest absolute Gasteiger partial charge is 0.351 e. The second-order valence-corrected chi connectivity index (χ2v) is 3.07. The highest BCUT2D eigenvalue weighted by Crippen LogP contribution is 2.00. The predicted molar refractivity (Wildman–Crippen MR) is 52.0 cm³/mol. The third-order valence-corrected chi connectivity index (χ3v) is 1.71. The van der Waals surface area contributed by atoms with E-state index in [1.807, 2.05) is 6.92 Å². The Morgan fingerprint density at radius 3 is 3.00 bits per heavy atom. The second-order valence-electron chi connectivity index (χ2n) is 2.70. The molecular weight excluding hydrogens is 188 g/mol. The number of carbonyl (C=O) groups is 1. The van der Waals surface area contributed by atoms with Crippen LogP contribution in [0, 0.1) is 6.92 Å². The van der Waals surface area contributed by atoms with Crippen molar-refractivity contribution >= 4 is 17.5 Å². The molecule has 1 heterocycles. The van der Waals surface area contributed by atoms with Gasteiger partial charge in [0.15, 0.2) is 0 Å². The third-order valence-electron chi connectivity index (χ3n) is 1.52. The van der Waals surface area contributed by atoms with Crippen LogP contribution in [-0.4, -0.2) is 23.3 Å². The average molecular weight is 199 g/mol. The summed E-state index contributed by atoms with van der Waals surface area (Å²) in [6.45, 7) is 2.37. The highest BCUT2D eigenvalue weighted by Gasteiger charge is 2.03. The first kappa shape index (κ1) is 9.99. The number of nitrogens with one attached hydrogen (secondary N) is 1. The number of carbonyl (C=O) groups excluding carboxylic acids is 1. The quantitative estimate of drug-likeness (QED) is 0.746. The summed E-state index contributed by atoms with van der Waals surface area (Å²) >= 11 is 5.43. The molecule has 13 heavy (non-hydrogen) atoms. The topological polar surface area (TPSA) is 42.0 Å². The Hall–Kier alpha value is -1.09. The maximum absolute atomic E-state index is 11.3. The summed E-state index contributed by atoms with van der Waals surface area (Å²) < 4.78 is 0. The summed E-state index contributed by atoms with van der Waals surface area (Å²) in [6, 6.07) is 1.79. The molecule has 0 saturated heterocycles. The van der Waals surface area contributed by atoms with Crippen molar-refractivity contribution in [3.8, 4) is 0 Å². The van der Waals surface area contributed by atoms with Crippen molar-refractivity contribution in [3.63, 3.8) is 0 Å². The van der Waals surface area contributed by atoms with Gasteiger partial charge in [-0.3, -0.25) is 9.78 Å². The molecular formula is C9H11ClN2O. The Bertz CT molecular complexity index is 301. The van der Waals surface area contributed by atoms with E-state index in [4.69, 9.17) is 11.6 Å². The number of amides is 1. The highest BCUT2D eigenvalue weighted by molar-refractivity contribution is 6.18. The van der Waals surface area contributed by atoms with Crippen LogP contribution in [0.15, 0.2) is 18.5 Å². The van der Waals surface area contributed by atoms with Gasteiger partial charge in [0, 0.05) is 24.8 Å². The van der Waals surface area contributed by atoms with E-state index in [1.165, 1.54) is 6.20 Å². The summed E-state index contributed by atoms with van der Waals surface area (Å²) in [4.78, 5) is 15.3. The lowest BCUT2D eigenvalue weighted by atomic mass is 10.2. The van der Waals surface area contributed by atoms with Gasteiger partial charge in [0.1, 0.15) is 0 Å². The molecule has 0 bridgehead atoms. The smallest absolute Gasteiger partial charge is 0.252 e. The first-order valence-corrected chi connectivity index (χ1v) is 4.53. The maximum atomic E-state index is 11.3. The van der Waals surface area contributed by atoms with E-state index in [0.717, 1.165) is 5.56 Å². The molecule has 0 spiro atoms. The molecule has 1 rings (SSSR count). The van der Waals surface area contributed by atoms with Crippen LogP contribution in [0.5, 0.6) is 0 Å². The van der Waals surface area contributed by atoms with E-state index in [2.05, 4.69) is 10.3 Å². The van der Waals surface area contributed by atoms with Gasteiger partial charge in [-0.1, -0.05) is 0 Å². The minimum absolute atomic E-state index is 0.128. The minimum atomic E-state index is -0.128. The third kappa shape index (κ3) is 3.03. The summed E-state index contributed by atoms with van der Waals surface area (Å²) in [5, 5.41) is 2.66. The molecule has 0 unspecified atom stereocenters. The second kappa shape index (κ2) is 4.82. The summed E-state index contributed by atoms with van der Waals surface area (Å²) in [5.74, 6) is 0.294. The minimum Gasteiger partial charge on any atom is -0.351 e. The molecule has 70 valence electrons. The number of halogens is 1. The van der Waals surface area contributed by atoms with Crippen LogP contribution in [0.2, 0.25) is 0 Å². The van der Waals surface area contributed by atoms with Crippen molar-refractivity contribution < 1.29 is 4.79 Å². The molecule has 1 aromatic rings. The zero-order valence-electron chi connectivity index (χ0n) is 7.38. The zero-order chi connectivity index (χ0) is 9.68. The van der Waals surface area contributed by atoms with Gasteiger partial charge in [0.2, 0.25) is 0 Å². The normalized spacial score (nSPS) is 9.69. The van der Waals surface area contributed by atoms with Crippen molar-refractivity contribution in [2.24, 2.45) is 0 Å². The molecule has 4 heteroatoms. The van der Waals surface area contributed by atoms with Gasteiger partial charge in [-0.2, -0.15) is 0 Å². The summed E-state index contributed by atoms with van der Waals surface area (Å²) in [6.07, 6.45) is 3.24. The fourth-order valence-electron chi connectivity index (χ4n) is 0.942. The molecule has 3 nitrogen and oxygen atoms in total. The van der Waals surface area contributed by atoms with Gasteiger partial charge < -0.3 is 5.32 Å². The van der Waals surface area contributed by atoms with E-state index >= 15 is 0 Å². The number of rotatable bonds is 3. The molecule has 0 aliphatic carbocycles. The van der Waals surface area contributed by atoms with E-state index < -0.39 is 0 Å². The summed E-state index contributed by atoms with van der Waals surface area (Å²) in [7, 11) is 0. The van der Waals surface area contributed by atoms with Crippen LogP contribution in [0.1, 0.15) is 15.9 Å². The molecule has 0 aromatic carbocycles. The Kier molecular flexibility index (Phi) is 3.71. The van der Waals surface area contributed by atoms with Crippen LogP contribution >= 0.6 is 11.6 Å². The van der Waals surface area contributed by atoms with Crippen LogP contribution in [0.4, 0.5) is 0 Å². The lowest BCUT2D eigenvalue weighted by Gasteiger charge is -2.02. The van der Waals surface area contributed by atoms with Crippen molar-refractivity contribution in [2.45, 2.75) is 6.92 Å². The van der Waals surface area contributed by atoms with Crippen molar-refractivity contribution in [3.05, 3.63) is 29.6 Å². The van der Waals surface area contributed by atoms with Crippen LogP contribution in [0.25, 0.3) is 0 Å². The van der Waals surface area contributed by atoms with Gasteiger partial charge in [-0.25, -0.2) is 0 Å². The maximum Gasteiger partial charge on any atom is 0.252 e. The van der Waals surface area contributed by atoms with Crippen LogP contribution < -0.4 is 5.32 Å². The van der Waals surface area contributed by atoms with Crippen molar-refractivity contribution in [2.75, 3.05) is 12.4 Å². The first-order chi connectivity index (χ1) is 6.24. The number of nitrogens with zero attached hydrogens (tertiary/aromatic N) is 1. The number of aromatic nitrogens is 1. The standard InChI is InChI=1S/C9H11ClN2O/c1-7-4-8(6-11-5-7)9(13)12-3-2-10/h4-6H,2-3H2,1H3,(H,12,13). The first-order valence-electron chi connectivity index (χ1n) is 4.00. The van der Waals surface area contributed by atoms with Crippen LogP contribution in [-0.2, 0) is 0 Å². The Morgan fingerprint density at radius 2 is 2.38 bits per heavy atom. The molecule has 0 atom stereocenters. The zero-order valence-corrected chi connectivity index (χ0v) is 8.14. The molecule has 0 radical (unpaired) electrons. The van der Waals surface area contributed by atoms with E-state index in [0.29, 0.717) is 18.0 Å². The fraction of sp³-hybridized carbons (Fsp3) is 0.333. The van der Waals surface area contributed by atoms with Crippen LogP contribution in [0.3, 0.4) is 0 Å².